The van der Waals surface area contributed by atoms with Crippen LogP contribution in [0.25, 0.3) is 0 Å². The van der Waals surface area contributed by atoms with Gasteiger partial charge < -0.3 is 0 Å². The average Bonchev–Trinajstić information content (AvgIpc) is 3.12. The van der Waals surface area contributed by atoms with Gasteiger partial charge in [-0.05, 0) is 0 Å². The van der Waals surface area contributed by atoms with Crippen molar-refractivity contribution in [2.24, 2.45) is 11.8 Å². The van der Waals surface area contributed by atoms with Gasteiger partial charge in [0.15, 0.2) is 0 Å². The molecule has 4 unspecified atom stereocenters. The zero-order valence-electron chi connectivity index (χ0n) is 14.6. The molecule has 0 bridgehead atoms. The topological polar surface area (TPSA) is 0 Å². The van der Waals surface area contributed by atoms with Crippen LogP contribution in [0.3, 0.4) is 0 Å². The summed E-state index contributed by atoms with van der Waals surface area (Å²) in [6.45, 7) is 9.96. The van der Waals surface area contributed by atoms with E-state index < -0.39 is 23.2 Å². The second-order valence-corrected chi connectivity index (χ2v) is 13.7. The molecule has 0 aromatic carbocycles. The molecule has 0 spiro atoms. The minimum absolute atomic E-state index is 0. The molecule has 4 rings (SSSR count). The Labute approximate surface area is 165 Å². The van der Waals surface area contributed by atoms with E-state index in [1.807, 2.05) is 11.1 Å². The Morgan fingerprint density at radius 3 is 1.61 bits per heavy atom. The molecular weight excluding hydrogens is 402 g/mol. The molecule has 0 heterocycles. The molecular formula is C20H28Cl2Zr. The van der Waals surface area contributed by atoms with Gasteiger partial charge in [0.1, 0.15) is 0 Å². The van der Waals surface area contributed by atoms with E-state index in [9.17, 15) is 0 Å². The third kappa shape index (κ3) is 2.94. The third-order valence-corrected chi connectivity index (χ3v) is 11.2. The van der Waals surface area contributed by atoms with E-state index in [0.29, 0.717) is 6.25 Å². The minimum atomic E-state index is -0.607. The Morgan fingerprint density at radius 2 is 1.22 bits per heavy atom. The largest absolute Gasteiger partial charge is 0.147 e. The summed E-state index contributed by atoms with van der Waals surface area (Å²) in [5.41, 5.74) is 7.07. The summed E-state index contributed by atoms with van der Waals surface area (Å²) in [5, 5.41) is 0. The zero-order chi connectivity index (χ0) is 14.8. The second-order valence-electron chi connectivity index (χ2n) is 7.94. The Kier molecular flexibility index (Phi) is 5.68. The van der Waals surface area contributed by atoms with Gasteiger partial charge >= 0.3 is 141 Å². The van der Waals surface area contributed by atoms with Crippen LogP contribution < -0.4 is 0 Å². The second kappa shape index (κ2) is 6.62. The van der Waals surface area contributed by atoms with Crippen molar-refractivity contribution in [1.82, 2.24) is 0 Å². The molecule has 4 aliphatic rings. The van der Waals surface area contributed by atoms with Gasteiger partial charge in [-0.2, -0.15) is 0 Å². The van der Waals surface area contributed by atoms with E-state index in [1.54, 1.807) is 11.1 Å². The van der Waals surface area contributed by atoms with Gasteiger partial charge in [-0.1, -0.05) is 0 Å². The molecule has 0 radical (unpaired) electrons. The van der Waals surface area contributed by atoms with Crippen LogP contribution in [0.5, 0.6) is 0 Å². The van der Waals surface area contributed by atoms with Gasteiger partial charge in [0, 0.05) is 0 Å². The fourth-order valence-electron chi connectivity index (χ4n) is 5.05. The van der Waals surface area contributed by atoms with Crippen LogP contribution in [0, 0.1) is 11.8 Å². The molecule has 0 aromatic heterocycles. The molecule has 4 atom stereocenters. The van der Waals surface area contributed by atoms with Crippen LogP contribution in [-0.4, -0.2) is 0 Å². The number of hydrogen-bond donors (Lipinski definition) is 0. The molecule has 3 heteroatoms. The Hall–Kier alpha value is 0.423. The SMILES string of the molecule is CC1CCC2=C1C=C[C]2(C)[Zr][C]1(C)C=CC2=C1CCC2C.Cl.Cl. The van der Waals surface area contributed by atoms with Gasteiger partial charge in [-0.25, -0.2) is 0 Å². The van der Waals surface area contributed by atoms with Crippen LogP contribution in [0.4, 0.5) is 0 Å². The van der Waals surface area contributed by atoms with Crippen molar-refractivity contribution in [2.75, 3.05) is 0 Å². The van der Waals surface area contributed by atoms with Crippen molar-refractivity contribution >= 4 is 24.8 Å². The van der Waals surface area contributed by atoms with Gasteiger partial charge in [0.25, 0.3) is 0 Å². The standard InChI is InChI=1S/2C10H13.2ClH.Zr/c2*1-7-3-5-10-8(2)4-6-9(7)10;;;/h2*3,5,8H,4,6H2,1-2H3;2*1H;. The Morgan fingerprint density at radius 1 is 0.826 bits per heavy atom. The predicted octanol–water partition coefficient (Wildman–Crippen LogP) is 6.86. The molecule has 4 aliphatic carbocycles. The third-order valence-electron chi connectivity index (χ3n) is 6.38. The summed E-state index contributed by atoms with van der Waals surface area (Å²) in [6.07, 6.45) is 15.7. The Balaban J connectivity index is 0.000000960. The monoisotopic (exact) mass is 428 g/mol. The van der Waals surface area contributed by atoms with Crippen LogP contribution >= 0.6 is 24.8 Å². The predicted molar refractivity (Wildman–Crippen MR) is 100 cm³/mol. The average molecular weight is 431 g/mol. The molecule has 126 valence electrons. The van der Waals surface area contributed by atoms with Crippen LogP contribution in [-0.2, 0) is 23.2 Å². The van der Waals surface area contributed by atoms with Gasteiger partial charge in [0.2, 0.25) is 0 Å². The first-order chi connectivity index (χ1) is 9.93. The molecule has 23 heavy (non-hydrogen) atoms. The van der Waals surface area contributed by atoms with Crippen LogP contribution in [0.15, 0.2) is 46.6 Å². The Bertz CT molecular complexity index is 574. The van der Waals surface area contributed by atoms with Gasteiger partial charge in [-0.15, -0.1) is 24.8 Å². The minimum Gasteiger partial charge on any atom is -0.147 e. The first-order valence-electron chi connectivity index (χ1n) is 8.58. The van der Waals surface area contributed by atoms with Crippen LogP contribution in [0.2, 0.25) is 6.25 Å². The van der Waals surface area contributed by atoms with Crippen molar-refractivity contribution in [2.45, 2.75) is 59.6 Å². The summed E-state index contributed by atoms with van der Waals surface area (Å²) in [7, 11) is 0. The van der Waals surface area contributed by atoms with Crippen molar-refractivity contribution in [3.63, 3.8) is 0 Å². The molecule has 0 saturated carbocycles. The number of hydrogen-bond acceptors (Lipinski definition) is 0. The van der Waals surface area contributed by atoms with Crippen LogP contribution in [0.1, 0.15) is 53.4 Å². The molecule has 0 aliphatic heterocycles. The van der Waals surface area contributed by atoms with E-state index in [-0.39, 0.29) is 24.8 Å². The van der Waals surface area contributed by atoms with E-state index >= 15 is 0 Å². The van der Waals surface area contributed by atoms with Crippen molar-refractivity contribution in [3.8, 4) is 0 Å². The fraction of sp³-hybridized carbons (Fsp3) is 0.600. The summed E-state index contributed by atoms with van der Waals surface area (Å²) in [4.78, 5) is 0. The summed E-state index contributed by atoms with van der Waals surface area (Å²) in [6, 6.07) is 0. The van der Waals surface area contributed by atoms with E-state index in [4.69, 9.17) is 0 Å². The van der Waals surface area contributed by atoms with E-state index in [1.165, 1.54) is 25.7 Å². The zero-order valence-corrected chi connectivity index (χ0v) is 18.7. The quantitative estimate of drug-likeness (QED) is 0.449. The van der Waals surface area contributed by atoms with E-state index in [0.717, 1.165) is 11.8 Å². The molecule has 0 amide bonds. The number of allylic oxidation sites excluding steroid dienone is 8. The normalized spacial score (nSPS) is 40.2. The van der Waals surface area contributed by atoms with Crippen molar-refractivity contribution in [3.05, 3.63) is 46.6 Å². The first-order valence-corrected chi connectivity index (χ1v) is 11.0. The summed E-state index contributed by atoms with van der Waals surface area (Å²) in [5.74, 6) is 1.62. The summed E-state index contributed by atoms with van der Waals surface area (Å²) >= 11 is -0.607. The molecule has 0 N–H and O–H groups in total. The molecule has 0 fully saturated rings. The molecule has 0 aromatic rings. The maximum Gasteiger partial charge on any atom is -0.147 e. The maximum absolute atomic E-state index is 2.59. The maximum atomic E-state index is 2.59. The first kappa shape index (κ1) is 19.7. The number of rotatable bonds is 2. The molecule has 0 nitrogen and oxygen atoms in total. The van der Waals surface area contributed by atoms with Crippen molar-refractivity contribution in [1.29, 1.82) is 0 Å². The summed E-state index contributed by atoms with van der Waals surface area (Å²) < 4.78 is 0.938. The van der Waals surface area contributed by atoms with Gasteiger partial charge in [-0.3, -0.25) is 0 Å². The van der Waals surface area contributed by atoms with Gasteiger partial charge in [0.05, 0.1) is 0 Å². The van der Waals surface area contributed by atoms with E-state index in [2.05, 4.69) is 52.0 Å². The number of halogens is 2. The van der Waals surface area contributed by atoms with Crippen molar-refractivity contribution < 1.29 is 23.2 Å². The smallest absolute Gasteiger partial charge is 0.147 e. The fourth-order valence-corrected chi connectivity index (χ4v) is 10.6. The molecule has 0 saturated heterocycles.